The minimum atomic E-state index is -0.241. The molecule has 0 saturated carbocycles. The molecule has 0 aliphatic carbocycles. The third-order valence-corrected chi connectivity index (χ3v) is 4.99. The highest BCUT2D eigenvalue weighted by molar-refractivity contribution is 6.10. The van der Waals surface area contributed by atoms with Crippen molar-refractivity contribution in [2.45, 2.75) is 20.4 Å². The summed E-state index contributed by atoms with van der Waals surface area (Å²) in [5.41, 5.74) is 4.54. The van der Waals surface area contributed by atoms with E-state index >= 15 is 0 Å². The molecule has 0 fully saturated rings. The minimum absolute atomic E-state index is 0.206. The summed E-state index contributed by atoms with van der Waals surface area (Å²) in [4.78, 5) is 26.2. The topological polar surface area (TPSA) is 39.1 Å². The average Bonchev–Trinajstić information content (AvgIpc) is 2.71. The monoisotopic (exact) mass is 367 g/mol. The molecule has 3 nitrogen and oxygen atoms in total. The molecule has 0 radical (unpaired) electrons. The average molecular weight is 367 g/mol. The van der Waals surface area contributed by atoms with Gasteiger partial charge in [0.1, 0.15) is 0 Å². The van der Waals surface area contributed by atoms with E-state index in [-0.39, 0.29) is 16.8 Å². The summed E-state index contributed by atoms with van der Waals surface area (Å²) in [6.07, 6.45) is 1.70. The maximum atomic E-state index is 13.1. The van der Waals surface area contributed by atoms with Gasteiger partial charge in [-0.15, -0.1) is 0 Å². The van der Waals surface area contributed by atoms with Crippen LogP contribution in [-0.2, 0) is 6.54 Å². The molecular weight excluding hydrogens is 346 g/mol. The molecule has 138 valence electrons. The first-order valence-electron chi connectivity index (χ1n) is 9.32. The lowest BCUT2D eigenvalue weighted by atomic mass is 10.0. The Labute approximate surface area is 163 Å². The Bertz CT molecular complexity index is 1220. The molecular formula is C25H21NO2. The van der Waals surface area contributed by atoms with Crippen molar-refractivity contribution in [3.63, 3.8) is 0 Å². The summed E-state index contributed by atoms with van der Waals surface area (Å²) in [6, 6.07) is 23.2. The van der Waals surface area contributed by atoms with Crippen LogP contribution in [0.4, 0.5) is 0 Å². The Hall–Kier alpha value is -3.46. The molecule has 0 unspecified atom stereocenters. The number of benzene rings is 3. The van der Waals surface area contributed by atoms with Crippen molar-refractivity contribution in [2.75, 3.05) is 0 Å². The number of hydrogen-bond donors (Lipinski definition) is 0. The molecule has 28 heavy (non-hydrogen) atoms. The van der Waals surface area contributed by atoms with Gasteiger partial charge in [0.25, 0.3) is 0 Å². The number of fused-ring (bicyclic) bond motifs is 1. The van der Waals surface area contributed by atoms with Crippen LogP contribution in [0.2, 0.25) is 0 Å². The predicted octanol–water partition coefficient (Wildman–Crippen LogP) is 4.90. The molecule has 3 heteroatoms. The fourth-order valence-corrected chi connectivity index (χ4v) is 3.44. The Kier molecular flexibility index (Phi) is 4.66. The number of ketones is 1. The molecule has 0 spiro atoms. The van der Waals surface area contributed by atoms with Crippen molar-refractivity contribution < 1.29 is 4.79 Å². The highest BCUT2D eigenvalue weighted by Gasteiger charge is 2.17. The Morgan fingerprint density at radius 1 is 0.857 bits per heavy atom. The second kappa shape index (κ2) is 7.28. The summed E-state index contributed by atoms with van der Waals surface area (Å²) in [5, 5.41) is 0.578. The number of hydrogen-bond acceptors (Lipinski definition) is 2. The van der Waals surface area contributed by atoms with Gasteiger partial charge in [-0.2, -0.15) is 0 Å². The highest BCUT2D eigenvalue weighted by atomic mass is 16.1. The van der Waals surface area contributed by atoms with E-state index in [4.69, 9.17) is 0 Å². The van der Waals surface area contributed by atoms with Crippen molar-refractivity contribution >= 4 is 16.7 Å². The van der Waals surface area contributed by atoms with E-state index in [0.717, 1.165) is 22.2 Å². The highest BCUT2D eigenvalue weighted by Crippen LogP contribution is 2.18. The number of pyridine rings is 1. The fourth-order valence-electron chi connectivity index (χ4n) is 3.44. The first-order valence-corrected chi connectivity index (χ1v) is 9.32. The summed E-state index contributed by atoms with van der Waals surface area (Å²) < 4.78 is 1.99. The maximum Gasteiger partial charge on any atom is 0.200 e. The van der Waals surface area contributed by atoms with Gasteiger partial charge in [-0.05, 0) is 31.5 Å². The molecule has 3 aromatic carbocycles. The van der Waals surface area contributed by atoms with Crippen LogP contribution in [-0.4, -0.2) is 10.4 Å². The van der Waals surface area contributed by atoms with Gasteiger partial charge < -0.3 is 4.57 Å². The lowest BCUT2D eigenvalue weighted by Gasteiger charge is -2.14. The van der Waals surface area contributed by atoms with Crippen molar-refractivity contribution in [1.29, 1.82) is 0 Å². The first-order chi connectivity index (χ1) is 13.5. The number of nitrogens with zero attached hydrogens (tertiary/aromatic N) is 1. The summed E-state index contributed by atoms with van der Waals surface area (Å²) >= 11 is 0. The van der Waals surface area contributed by atoms with Gasteiger partial charge >= 0.3 is 0 Å². The van der Waals surface area contributed by atoms with Crippen LogP contribution in [0.1, 0.15) is 32.6 Å². The van der Waals surface area contributed by atoms with Crippen molar-refractivity contribution in [3.8, 4) is 0 Å². The van der Waals surface area contributed by atoms with Crippen molar-refractivity contribution in [1.82, 2.24) is 4.57 Å². The van der Waals surface area contributed by atoms with Crippen LogP contribution in [0, 0.1) is 13.8 Å². The van der Waals surface area contributed by atoms with E-state index in [2.05, 4.69) is 0 Å². The molecule has 0 amide bonds. The standard InChI is InChI=1S/C25H21NO2/c1-17-8-11-20(12-9-17)24(27)22-16-26(15-19-6-4-3-5-7-19)23-13-10-18(2)14-21(23)25(22)28/h3-14,16H,15H2,1-2H3. The number of rotatable bonds is 4. The van der Waals surface area contributed by atoms with Gasteiger partial charge in [-0.25, -0.2) is 0 Å². The van der Waals surface area contributed by atoms with E-state index in [0.29, 0.717) is 17.5 Å². The number of carbonyl (C=O) groups excluding carboxylic acids is 1. The quantitative estimate of drug-likeness (QED) is 0.481. The molecule has 1 heterocycles. The smallest absolute Gasteiger partial charge is 0.200 e. The largest absolute Gasteiger partial charge is 0.342 e. The van der Waals surface area contributed by atoms with Crippen LogP contribution in [0.25, 0.3) is 10.9 Å². The lowest BCUT2D eigenvalue weighted by Crippen LogP contribution is -2.20. The third kappa shape index (κ3) is 3.39. The Balaban J connectivity index is 1.91. The van der Waals surface area contributed by atoms with E-state index in [1.54, 1.807) is 18.3 Å². The van der Waals surface area contributed by atoms with Gasteiger partial charge in [0.15, 0.2) is 5.78 Å². The zero-order chi connectivity index (χ0) is 19.7. The fraction of sp³-hybridized carbons (Fsp3) is 0.120. The number of aryl methyl sites for hydroxylation is 2. The molecule has 4 rings (SSSR count). The summed E-state index contributed by atoms with van der Waals surface area (Å²) in [5.74, 6) is -0.241. The van der Waals surface area contributed by atoms with E-state index in [1.165, 1.54) is 0 Å². The molecule has 0 saturated heterocycles. The molecule has 0 atom stereocenters. The lowest BCUT2D eigenvalue weighted by molar-refractivity contribution is 0.103. The van der Waals surface area contributed by atoms with Gasteiger partial charge in [-0.1, -0.05) is 71.8 Å². The van der Waals surface area contributed by atoms with E-state index in [9.17, 15) is 9.59 Å². The van der Waals surface area contributed by atoms with Gasteiger partial charge in [0.05, 0.1) is 11.1 Å². The summed E-state index contributed by atoms with van der Waals surface area (Å²) in [6.45, 7) is 4.52. The molecule has 0 N–H and O–H groups in total. The van der Waals surface area contributed by atoms with Crippen LogP contribution in [0.3, 0.4) is 0 Å². The van der Waals surface area contributed by atoms with Crippen molar-refractivity contribution in [3.05, 3.63) is 117 Å². The zero-order valence-corrected chi connectivity index (χ0v) is 16.0. The molecule has 0 bridgehead atoms. The maximum absolute atomic E-state index is 13.1. The zero-order valence-electron chi connectivity index (χ0n) is 16.0. The van der Waals surface area contributed by atoms with Crippen molar-refractivity contribution in [2.24, 2.45) is 0 Å². The first kappa shape index (κ1) is 17.9. The molecule has 0 aliphatic heterocycles. The SMILES string of the molecule is Cc1ccc(C(=O)c2cn(Cc3ccccc3)c3ccc(C)cc3c2=O)cc1. The van der Waals surface area contributed by atoms with Crippen LogP contribution in [0.5, 0.6) is 0 Å². The van der Waals surface area contributed by atoms with Gasteiger partial charge in [0.2, 0.25) is 5.43 Å². The van der Waals surface area contributed by atoms with Gasteiger partial charge in [0, 0.05) is 23.7 Å². The molecule has 4 aromatic rings. The second-order valence-electron chi connectivity index (χ2n) is 7.20. The summed E-state index contributed by atoms with van der Waals surface area (Å²) in [7, 11) is 0. The third-order valence-electron chi connectivity index (χ3n) is 4.99. The minimum Gasteiger partial charge on any atom is -0.342 e. The van der Waals surface area contributed by atoms with Crippen LogP contribution >= 0.6 is 0 Å². The van der Waals surface area contributed by atoms with E-state index in [1.807, 2.05) is 79.1 Å². The predicted molar refractivity (Wildman–Crippen MR) is 113 cm³/mol. The Morgan fingerprint density at radius 2 is 1.54 bits per heavy atom. The number of carbonyl (C=O) groups is 1. The molecule has 1 aromatic heterocycles. The normalized spacial score (nSPS) is 10.9. The second-order valence-corrected chi connectivity index (χ2v) is 7.20. The molecule has 0 aliphatic rings. The number of aromatic nitrogens is 1. The van der Waals surface area contributed by atoms with E-state index < -0.39 is 0 Å². The van der Waals surface area contributed by atoms with Crippen LogP contribution < -0.4 is 5.43 Å². The van der Waals surface area contributed by atoms with Crippen LogP contribution in [0.15, 0.2) is 83.8 Å². The Morgan fingerprint density at radius 3 is 2.25 bits per heavy atom. The van der Waals surface area contributed by atoms with Gasteiger partial charge in [-0.3, -0.25) is 9.59 Å².